The summed E-state index contributed by atoms with van der Waals surface area (Å²) < 4.78 is 1.20. The molecule has 0 atom stereocenters. The molecule has 0 amide bonds. The lowest BCUT2D eigenvalue weighted by Gasteiger charge is -2.35. The Bertz CT molecular complexity index is 464. The highest BCUT2D eigenvalue weighted by Gasteiger charge is 2.21. The van der Waals surface area contributed by atoms with Crippen LogP contribution in [-0.4, -0.2) is 24.6 Å². The second-order valence-electron chi connectivity index (χ2n) is 8.71. The van der Waals surface area contributed by atoms with Gasteiger partial charge in [-0.05, 0) is 31.2 Å². The van der Waals surface area contributed by atoms with E-state index >= 15 is 0 Å². The molecule has 0 aliphatic carbocycles. The lowest BCUT2D eigenvalue weighted by atomic mass is 10.1. The Hall–Kier alpha value is -0.790. The van der Waals surface area contributed by atoms with E-state index in [9.17, 15) is 0 Å². The summed E-state index contributed by atoms with van der Waals surface area (Å²) in [5.74, 6) is 0. The van der Waals surface area contributed by atoms with Crippen LogP contribution in [-0.2, 0) is 6.54 Å². The first-order valence-electron chi connectivity index (χ1n) is 11.7. The van der Waals surface area contributed by atoms with Crippen molar-refractivity contribution in [2.45, 2.75) is 97.4 Å². The van der Waals surface area contributed by atoms with Crippen LogP contribution in [0.3, 0.4) is 0 Å². The molecule has 1 aromatic rings. The molecule has 162 valence electrons. The fraction of sp³-hybridized carbons (Fsp3) is 0.692. The van der Waals surface area contributed by atoms with Crippen LogP contribution < -0.4 is 12.4 Å². The first-order valence-corrected chi connectivity index (χ1v) is 11.7. The summed E-state index contributed by atoms with van der Waals surface area (Å²) in [6.45, 7) is 12.3. The zero-order chi connectivity index (χ0) is 19.8. The largest absolute Gasteiger partial charge is 1.00 e. The Morgan fingerprint density at radius 2 is 1.14 bits per heavy atom. The zero-order valence-corrected chi connectivity index (χ0v) is 19.8. The van der Waals surface area contributed by atoms with Gasteiger partial charge in [0.2, 0.25) is 0 Å². The normalized spacial score (nSPS) is 11.2. The molecule has 0 saturated heterocycles. The van der Waals surface area contributed by atoms with Crippen molar-refractivity contribution in [3.63, 3.8) is 0 Å². The Morgan fingerprint density at radius 1 is 0.714 bits per heavy atom. The summed E-state index contributed by atoms with van der Waals surface area (Å²) in [6, 6.07) is 9.02. The summed E-state index contributed by atoms with van der Waals surface area (Å²) in [4.78, 5) is 0. The van der Waals surface area contributed by atoms with Gasteiger partial charge in [0.15, 0.2) is 0 Å². The smallest absolute Gasteiger partial charge is 0.104 e. The standard InChI is InChI=1S/C26H46N.ClH/c1-5-8-10-12-14-16-22-27(4,23-17-15-13-11-9-6-2)24-26-20-18-25(7-3)19-21-26;/h7,18-21H,3,5-6,8-17,22-24H2,1-2,4H3;1H/q+1;/p-1. The van der Waals surface area contributed by atoms with Crippen LogP contribution in [0.4, 0.5) is 0 Å². The predicted octanol–water partition coefficient (Wildman–Crippen LogP) is 5.00. The maximum Gasteiger partial charge on any atom is 0.104 e. The van der Waals surface area contributed by atoms with E-state index < -0.39 is 0 Å². The number of hydrogen-bond acceptors (Lipinski definition) is 0. The molecule has 0 unspecified atom stereocenters. The van der Waals surface area contributed by atoms with Crippen molar-refractivity contribution in [2.75, 3.05) is 20.1 Å². The van der Waals surface area contributed by atoms with E-state index in [1.165, 1.54) is 112 Å². The number of quaternary nitrogens is 1. The molecule has 0 heterocycles. The van der Waals surface area contributed by atoms with E-state index in [1.807, 2.05) is 6.08 Å². The molecule has 0 bridgehead atoms. The Labute approximate surface area is 182 Å². The van der Waals surface area contributed by atoms with Crippen molar-refractivity contribution in [1.29, 1.82) is 0 Å². The number of benzene rings is 1. The molecule has 0 aliphatic heterocycles. The van der Waals surface area contributed by atoms with Gasteiger partial charge in [0, 0.05) is 5.56 Å². The van der Waals surface area contributed by atoms with E-state index in [-0.39, 0.29) is 12.4 Å². The van der Waals surface area contributed by atoms with Crippen LogP contribution in [0.2, 0.25) is 0 Å². The van der Waals surface area contributed by atoms with Crippen LogP contribution in [0.25, 0.3) is 6.08 Å². The van der Waals surface area contributed by atoms with Crippen LogP contribution >= 0.6 is 0 Å². The van der Waals surface area contributed by atoms with Crippen molar-refractivity contribution in [3.8, 4) is 0 Å². The number of rotatable bonds is 17. The quantitative estimate of drug-likeness (QED) is 0.252. The van der Waals surface area contributed by atoms with Gasteiger partial charge in [-0.15, -0.1) is 0 Å². The fourth-order valence-corrected chi connectivity index (χ4v) is 4.02. The lowest BCUT2D eigenvalue weighted by molar-refractivity contribution is -0.923. The number of halogens is 1. The maximum atomic E-state index is 3.87. The SMILES string of the molecule is C=Cc1ccc(C[N+](C)(CCCCCCCC)CCCCCCCC)cc1.[Cl-]. The second-order valence-corrected chi connectivity index (χ2v) is 8.71. The van der Waals surface area contributed by atoms with Gasteiger partial charge in [-0.3, -0.25) is 0 Å². The minimum atomic E-state index is 0. The molecule has 1 nitrogen and oxygen atoms in total. The topological polar surface area (TPSA) is 0 Å². The van der Waals surface area contributed by atoms with Gasteiger partial charge in [-0.2, -0.15) is 0 Å². The van der Waals surface area contributed by atoms with E-state index in [1.54, 1.807) is 0 Å². The summed E-state index contributed by atoms with van der Waals surface area (Å²) in [5.41, 5.74) is 2.69. The second kappa shape index (κ2) is 17.1. The van der Waals surface area contributed by atoms with Crippen LogP contribution in [0.1, 0.15) is 102 Å². The van der Waals surface area contributed by atoms with E-state index in [0.29, 0.717) is 0 Å². The van der Waals surface area contributed by atoms with Gasteiger partial charge >= 0.3 is 0 Å². The minimum Gasteiger partial charge on any atom is -1.00 e. The zero-order valence-electron chi connectivity index (χ0n) is 19.0. The van der Waals surface area contributed by atoms with Gasteiger partial charge < -0.3 is 16.9 Å². The molecule has 1 aromatic carbocycles. The predicted molar refractivity (Wildman–Crippen MR) is 123 cm³/mol. The third kappa shape index (κ3) is 12.6. The fourth-order valence-electron chi connectivity index (χ4n) is 4.02. The molecule has 0 saturated carbocycles. The Balaban J connectivity index is 0.00000729. The molecule has 0 fully saturated rings. The van der Waals surface area contributed by atoms with Gasteiger partial charge in [-0.1, -0.05) is 102 Å². The summed E-state index contributed by atoms with van der Waals surface area (Å²) in [7, 11) is 2.49. The highest BCUT2D eigenvalue weighted by Crippen LogP contribution is 2.18. The minimum absolute atomic E-state index is 0. The summed E-state index contributed by atoms with van der Waals surface area (Å²) in [5, 5.41) is 0. The molecule has 28 heavy (non-hydrogen) atoms. The van der Waals surface area contributed by atoms with E-state index in [2.05, 4.69) is 51.7 Å². The first-order chi connectivity index (χ1) is 13.1. The molecule has 0 aliphatic rings. The maximum absolute atomic E-state index is 3.87. The van der Waals surface area contributed by atoms with Crippen molar-refractivity contribution in [3.05, 3.63) is 42.0 Å². The number of nitrogens with zero attached hydrogens (tertiary/aromatic N) is 1. The van der Waals surface area contributed by atoms with Crippen LogP contribution in [0, 0.1) is 0 Å². The monoisotopic (exact) mass is 407 g/mol. The molecular weight excluding hydrogens is 362 g/mol. The number of unbranched alkanes of at least 4 members (excludes halogenated alkanes) is 10. The van der Waals surface area contributed by atoms with Crippen molar-refractivity contribution in [1.82, 2.24) is 0 Å². The highest BCUT2D eigenvalue weighted by atomic mass is 35.5. The Kier molecular flexibility index (Phi) is 16.6. The molecule has 2 heteroatoms. The van der Waals surface area contributed by atoms with Gasteiger partial charge in [0.05, 0.1) is 20.1 Å². The average Bonchev–Trinajstić information content (AvgIpc) is 2.68. The van der Waals surface area contributed by atoms with Crippen molar-refractivity contribution >= 4 is 6.08 Å². The van der Waals surface area contributed by atoms with Gasteiger partial charge in [0.1, 0.15) is 6.54 Å². The van der Waals surface area contributed by atoms with E-state index in [4.69, 9.17) is 0 Å². The molecule has 0 N–H and O–H groups in total. The molecule has 0 aromatic heterocycles. The van der Waals surface area contributed by atoms with Crippen LogP contribution in [0.15, 0.2) is 30.8 Å². The third-order valence-corrected chi connectivity index (χ3v) is 5.88. The molecular formula is C26H46ClN. The first kappa shape index (κ1) is 27.2. The average molecular weight is 408 g/mol. The van der Waals surface area contributed by atoms with E-state index in [0.717, 1.165) is 0 Å². The van der Waals surface area contributed by atoms with Crippen molar-refractivity contribution in [2.24, 2.45) is 0 Å². The molecule has 1 rings (SSSR count). The molecule has 0 spiro atoms. The lowest BCUT2D eigenvalue weighted by Crippen LogP contribution is -3.00. The third-order valence-electron chi connectivity index (χ3n) is 5.88. The summed E-state index contributed by atoms with van der Waals surface area (Å²) >= 11 is 0. The van der Waals surface area contributed by atoms with Gasteiger partial charge in [-0.25, -0.2) is 0 Å². The number of hydrogen-bond donors (Lipinski definition) is 0. The van der Waals surface area contributed by atoms with Gasteiger partial charge in [0.25, 0.3) is 0 Å². The highest BCUT2D eigenvalue weighted by molar-refractivity contribution is 5.47. The molecule has 0 radical (unpaired) electrons. The summed E-state index contributed by atoms with van der Waals surface area (Å²) in [6.07, 6.45) is 18.6. The van der Waals surface area contributed by atoms with Crippen molar-refractivity contribution < 1.29 is 16.9 Å². The Morgan fingerprint density at radius 3 is 1.57 bits per heavy atom. The van der Waals surface area contributed by atoms with Crippen LogP contribution in [0.5, 0.6) is 0 Å².